The molecule has 0 saturated carbocycles. The van der Waals surface area contributed by atoms with Crippen molar-refractivity contribution in [1.29, 1.82) is 0 Å². The Morgan fingerprint density at radius 1 is 0.613 bits per heavy atom. The molecule has 0 aromatic heterocycles. The lowest BCUT2D eigenvalue weighted by atomic mass is 10.1. The van der Waals surface area contributed by atoms with Crippen molar-refractivity contribution in [2.75, 3.05) is 19.7 Å². The van der Waals surface area contributed by atoms with Gasteiger partial charge in [-0.15, -0.1) is 0 Å². The maximum Gasteiger partial charge on any atom is 0.161 e. The Kier molecular flexibility index (Phi) is 9.94. The molecule has 0 aliphatic carbocycles. The van der Waals surface area contributed by atoms with Gasteiger partial charge in [0.25, 0.3) is 0 Å². The van der Waals surface area contributed by atoms with E-state index in [1.54, 1.807) is 0 Å². The Hall–Kier alpha value is -2.82. The minimum Gasteiger partial charge on any atom is -0.485 e. The topological polar surface area (TPSA) is 50.7 Å². The summed E-state index contributed by atoms with van der Waals surface area (Å²) in [6.45, 7) is 2.86. The van der Waals surface area contributed by atoms with Crippen molar-refractivity contribution in [3.63, 3.8) is 0 Å². The van der Waals surface area contributed by atoms with E-state index in [1.807, 2.05) is 42.5 Å². The average Bonchev–Trinajstić information content (AvgIpc) is 2.83. The molecule has 31 heavy (non-hydrogen) atoms. The van der Waals surface area contributed by atoms with Crippen LogP contribution in [0.15, 0.2) is 78.9 Å². The highest BCUT2D eigenvalue weighted by Crippen LogP contribution is 2.30. The Morgan fingerprint density at radius 2 is 1.26 bits per heavy atom. The van der Waals surface area contributed by atoms with Crippen LogP contribution in [0.2, 0.25) is 0 Å². The molecule has 0 heterocycles. The van der Waals surface area contributed by atoms with E-state index in [4.69, 9.17) is 14.6 Å². The zero-order chi connectivity index (χ0) is 21.6. The predicted molar refractivity (Wildman–Crippen MR) is 126 cm³/mol. The molecule has 3 aromatic rings. The van der Waals surface area contributed by atoms with E-state index in [9.17, 15) is 0 Å². The largest absolute Gasteiger partial charge is 0.485 e. The number of aliphatic hydroxyl groups is 1. The quantitative estimate of drug-likeness (QED) is 0.355. The summed E-state index contributed by atoms with van der Waals surface area (Å²) in [6.07, 6.45) is 4.42. The first-order valence-corrected chi connectivity index (χ1v) is 11.1. The zero-order valence-electron chi connectivity index (χ0n) is 18.1. The van der Waals surface area contributed by atoms with E-state index >= 15 is 0 Å². The number of aliphatic hydroxyl groups excluding tert-OH is 1. The first kappa shape index (κ1) is 22.9. The molecule has 0 amide bonds. The number of ether oxygens (including phenoxy) is 2. The molecule has 0 radical (unpaired) electrons. The molecule has 0 atom stereocenters. The molecule has 0 aliphatic rings. The molecule has 2 N–H and O–H groups in total. The van der Waals surface area contributed by atoms with E-state index in [0.717, 1.165) is 54.9 Å². The lowest BCUT2D eigenvalue weighted by molar-refractivity contribution is 0.255. The number of rotatable bonds is 14. The van der Waals surface area contributed by atoms with Gasteiger partial charge in [-0.25, -0.2) is 0 Å². The van der Waals surface area contributed by atoms with Gasteiger partial charge in [0.15, 0.2) is 11.5 Å². The van der Waals surface area contributed by atoms with E-state index in [2.05, 4.69) is 41.7 Å². The number of hydrogen-bond acceptors (Lipinski definition) is 4. The number of benzene rings is 3. The van der Waals surface area contributed by atoms with Crippen LogP contribution in [0.25, 0.3) is 0 Å². The molecule has 3 rings (SSSR count). The van der Waals surface area contributed by atoms with Gasteiger partial charge in [-0.3, -0.25) is 0 Å². The third-order valence-electron chi connectivity index (χ3n) is 5.09. The smallest absolute Gasteiger partial charge is 0.161 e. The maximum atomic E-state index is 8.80. The summed E-state index contributed by atoms with van der Waals surface area (Å²) in [6, 6.07) is 26.7. The lowest BCUT2D eigenvalue weighted by Crippen LogP contribution is -2.19. The summed E-state index contributed by atoms with van der Waals surface area (Å²) in [7, 11) is 0. The summed E-state index contributed by atoms with van der Waals surface area (Å²) < 4.78 is 12.3. The monoisotopic (exact) mass is 419 g/mol. The second-order valence-electron chi connectivity index (χ2n) is 7.61. The maximum absolute atomic E-state index is 8.80. The molecule has 0 fully saturated rings. The molecule has 0 unspecified atom stereocenters. The Labute approximate surface area is 185 Å². The van der Waals surface area contributed by atoms with Gasteiger partial charge in [-0.05, 0) is 54.6 Å². The average molecular weight is 420 g/mol. The van der Waals surface area contributed by atoms with Gasteiger partial charge in [0.05, 0.1) is 6.61 Å². The van der Waals surface area contributed by atoms with Crippen molar-refractivity contribution in [2.24, 2.45) is 0 Å². The van der Waals surface area contributed by atoms with Crippen LogP contribution in [0.5, 0.6) is 11.5 Å². The van der Waals surface area contributed by atoms with Crippen LogP contribution in [0.1, 0.15) is 36.0 Å². The fourth-order valence-corrected chi connectivity index (χ4v) is 3.37. The Balaban J connectivity index is 1.58. The number of hydrogen-bond donors (Lipinski definition) is 2. The van der Waals surface area contributed by atoms with E-state index in [-0.39, 0.29) is 6.61 Å². The lowest BCUT2D eigenvalue weighted by Gasteiger charge is -2.15. The van der Waals surface area contributed by atoms with Gasteiger partial charge in [-0.1, -0.05) is 73.2 Å². The second-order valence-corrected chi connectivity index (χ2v) is 7.61. The highest BCUT2D eigenvalue weighted by molar-refractivity contribution is 5.43. The predicted octanol–water partition coefficient (Wildman–Crippen LogP) is 5.14. The van der Waals surface area contributed by atoms with Crippen molar-refractivity contribution in [3.8, 4) is 11.5 Å². The van der Waals surface area contributed by atoms with Crippen LogP contribution in [0.4, 0.5) is 0 Å². The third kappa shape index (κ3) is 8.44. The third-order valence-corrected chi connectivity index (χ3v) is 5.09. The fraction of sp³-hybridized carbons (Fsp3) is 0.333. The molecule has 0 saturated heterocycles. The fourth-order valence-electron chi connectivity index (χ4n) is 3.37. The van der Waals surface area contributed by atoms with Crippen molar-refractivity contribution >= 4 is 0 Å². The molecule has 164 valence electrons. The van der Waals surface area contributed by atoms with Crippen LogP contribution in [0.3, 0.4) is 0 Å². The summed E-state index contributed by atoms with van der Waals surface area (Å²) in [5.74, 6) is 1.57. The molecule has 4 heteroatoms. The zero-order valence-corrected chi connectivity index (χ0v) is 18.1. The van der Waals surface area contributed by atoms with Gasteiger partial charge < -0.3 is 19.9 Å². The normalized spacial score (nSPS) is 10.7. The summed E-state index contributed by atoms with van der Waals surface area (Å²) in [4.78, 5) is 0. The summed E-state index contributed by atoms with van der Waals surface area (Å²) >= 11 is 0. The SMILES string of the molecule is OCCNCCCCCc1ccc(OCc2ccccc2)c(OCc2ccccc2)c1. The molecule has 0 spiro atoms. The molecule has 4 nitrogen and oxygen atoms in total. The van der Waals surface area contributed by atoms with Crippen LogP contribution in [-0.2, 0) is 19.6 Å². The molecular formula is C27H33NO3. The van der Waals surface area contributed by atoms with E-state index in [0.29, 0.717) is 19.8 Å². The Bertz CT molecular complexity index is 868. The van der Waals surface area contributed by atoms with E-state index < -0.39 is 0 Å². The first-order chi connectivity index (χ1) is 15.3. The van der Waals surface area contributed by atoms with Gasteiger partial charge >= 0.3 is 0 Å². The molecule has 0 bridgehead atoms. The highest BCUT2D eigenvalue weighted by Gasteiger charge is 2.08. The van der Waals surface area contributed by atoms with Crippen LogP contribution in [-0.4, -0.2) is 24.8 Å². The number of aryl methyl sites for hydroxylation is 1. The van der Waals surface area contributed by atoms with Crippen molar-refractivity contribution in [2.45, 2.75) is 38.9 Å². The van der Waals surface area contributed by atoms with Gasteiger partial charge in [0.2, 0.25) is 0 Å². The first-order valence-electron chi connectivity index (χ1n) is 11.1. The van der Waals surface area contributed by atoms with Gasteiger partial charge in [0, 0.05) is 6.54 Å². The van der Waals surface area contributed by atoms with Gasteiger partial charge in [0.1, 0.15) is 13.2 Å². The minimum atomic E-state index is 0.199. The summed E-state index contributed by atoms with van der Waals surface area (Å²) in [5, 5.41) is 12.0. The van der Waals surface area contributed by atoms with Crippen molar-refractivity contribution < 1.29 is 14.6 Å². The van der Waals surface area contributed by atoms with Crippen molar-refractivity contribution in [1.82, 2.24) is 5.32 Å². The summed E-state index contributed by atoms with van der Waals surface area (Å²) in [5.41, 5.74) is 3.53. The molecular weight excluding hydrogens is 386 g/mol. The second kappa shape index (κ2) is 13.5. The molecule has 3 aromatic carbocycles. The number of unbranched alkanes of at least 4 members (excludes halogenated alkanes) is 2. The van der Waals surface area contributed by atoms with Crippen molar-refractivity contribution in [3.05, 3.63) is 95.6 Å². The number of nitrogens with one attached hydrogen (secondary N) is 1. The van der Waals surface area contributed by atoms with Crippen LogP contribution >= 0.6 is 0 Å². The molecule has 0 aliphatic heterocycles. The van der Waals surface area contributed by atoms with Crippen LogP contribution < -0.4 is 14.8 Å². The highest BCUT2D eigenvalue weighted by atomic mass is 16.5. The standard InChI is InChI=1S/C27H33NO3/c29-19-18-28-17-9-3-8-10-23-15-16-26(30-21-24-11-4-1-5-12-24)27(20-23)31-22-25-13-6-2-7-14-25/h1-2,4-7,11-16,20,28-29H,3,8-10,17-19,21-22H2. The van der Waals surface area contributed by atoms with Crippen LogP contribution in [0, 0.1) is 0 Å². The van der Waals surface area contributed by atoms with Gasteiger partial charge in [-0.2, -0.15) is 0 Å². The van der Waals surface area contributed by atoms with E-state index in [1.165, 1.54) is 5.56 Å². The minimum absolute atomic E-state index is 0.199. The Morgan fingerprint density at radius 3 is 1.90 bits per heavy atom.